The summed E-state index contributed by atoms with van der Waals surface area (Å²) in [5, 5.41) is 0. The summed E-state index contributed by atoms with van der Waals surface area (Å²) in [4.78, 5) is 7.70. The summed E-state index contributed by atoms with van der Waals surface area (Å²) in [7, 11) is 4.51. The second-order valence-electron chi connectivity index (χ2n) is 8.26. The first-order valence-corrected chi connectivity index (χ1v) is 8.78. The summed E-state index contributed by atoms with van der Waals surface area (Å²) in [6.07, 6.45) is 0. The highest BCUT2D eigenvalue weighted by atomic mass is 15.3. The van der Waals surface area contributed by atoms with E-state index in [0.717, 1.165) is 17.8 Å². The van der Waals surface area contributed by atoms with Crippen LogP contribution in [0.3, 0.4) is 0 Å². The molecule has 3 heteroatoms. The van der Waals surface area contributed by atoms with Gasteiger partial charge in [0.25, 0.3) is 0 Å². The van der Waals surface area contributed by atoms with Gasteiger partial charge in [-0.2, -0.15) is 0 Å². The maximum Gasteiger partial charge on any atom is 0.0187 e. The molecule has 0 N–H and O–H groups in total. The van der Waals surface area contributed by atoms with Crippen molar-refractivity contribution in [3.63, 3.8) is 0 Å². The fourth-order valence-electron chi connectivity index (χ4n) is 4.45. The van der Waals surface area contributed by atoms with Crippen molar-refractivity contribution in [1.82, 2.24) is 14.7 Å². The lowest BCUT2D eigenvalue weighted by Crippen LogP contribution is -2.55. The van der Waals surface area contributed by atoms with Gasteiger partial charge in [-0.05, 0) is 45.7 Å². The molecule has 0 bridgehead atoms. The van der Waals surface area contributed by atoms with Gasteiger partial charge in [0.15, 0.2) is 0 Å². The predicted octanol–water partition coefficient (Wildman–Crippen LogP) is 2.87. The molecule has 0 atom stereocenters. The highest BCUT2D eigenvalue weighted by Gasteiger charge is 2.38. The Kier molecular flexibility index (Phi) is 7.15. The first kappa shape index (κ1) is 18.9. The van der Waals surface area contributed by atoms with E-state index in [1.165, 1.54) is 39.3 Å². The Morgan fingerprint density at radius 3 is 1.33 bits per heavy atom. The first-order chi connectivity index (χ1) is 9.66. The summed E-state index contributed by atoms with van der Waals surface area (Å²) >= 11 is 0. The van der Waals surface area contributed by atoms with E-state index >= 15 is 0 Å². The third-order valence-electron chi connectivity index (χ3n) is 5.43. The van der Waals surface area contributed by atoms with E-state index in [1.807, 2.05) is 0 Å². The molecule has 21 heavy (non-hydrogen) atoms. The molecule has 0 unspecified atom stereocenters. The Bertz CT molecular complexity index is 277. The highest BCUT2D eigenvalue weighted by molar-refractivity contribution is 4.92. The van der Waals surface area contributed by atoms with E-state index in [1.54, 1.807) is 0 Å². The number of hydrogen-bond donors (Lipinski definition) is 0. The van der Waals surface area contributed by atoms with Gasteiger partial charge in [-0.15, -0.1) is 0 Å². The lowest BCUT2D eigenvalue weighted by Gasteiger charge is -2.48. The van der Waals surface area contributed by atoms with Gasteiger partial charge in [-0.3, -0.25) is 4.90 Å². The van der Waals surface area contributed by atoms with Crippen LogP contribution in [0.25, 0.3) is 0 Å². The smallest absolute Gasteiger partial charge is 0.0187 e. The van der Waals surface area contributed by atoms with Crippen LogP contribution >= 0.6 is 0 Å². The van der Waals surface area contributed by atoms with Crippen LogP contribution in [0.15, 0.2) is 0 Å². The van der Waals surface area contributed by atoms with Crippen molar-refractivity contribution in [2.75, 3.05) is 53.4 Å². The van der Waals surface area contributed by atoms with Crippen LogP contribution in [0.4, 0.5) is 0 Å². The molecule has 0 aliphatic carbocycles. The first-order valence-electron chi connectivity index (χ1n) is 8.78. The van der Waals surface area contributed by atoms with Crippen LogP contribution in [0.5, 0.6) is 0 Å². The van der Waals surface area contributed by atoms with Crippen molar-refractivity contribution in [1.29, 1.82) is 0 Å². The molecule has 0 radical (unpaired) electrons. The Labute approximate surface area is 133 Å². The normalized spacial score (nSPS) is 21.9. The van der Waals surface area contributed by atoms with Gasteiger partial charge in [0.1, 0.15) is 0 Å². The number of hydrogen-bond acceptors (Lipinski definition) is 3. The third-order valence-corrected chi connectivity index (χ3v) is 5.43. The Morgan fingerprint density at radius 1 is 0.667 bits per heavy atom. The molecular weight excluding hydrogens is 258 g/mol. The molecule has 0 aromatic carbocycles. The van der Waals surface area contributed by atoms with Crippen LogP contribution in [0.1, 0.15) is 41.5 Å². The van der Waals surface area contributed by atoms with Crippen molar-refractivity contribution >= 4 is 0 Å². The van der Waals surface area contributed by atoms with Gasteiger partial charge >= 0.3 is 0 Å². The van der Waals surface area contributed by atoms with Crippen LogP contribution in [0, 0.1) is 17.8 Å². The number of likely N-dealkylation sites (N-methyl/N-ethyl adjacent to an activating group) is 2. The predicted molar refractivity (Wildman–Crippen MR) is 93.8 cm³/mol. The van der Waals surface area contributed by atoms with Crippen LogP contribution in [0.2, 0.25) is 0 Å². The zero-order valence-corrected chi connectivity index (χ0v) is 15.8. The van der Waals surface area contributed by atoms with Gasteiger partial charge in [0, 0.05) is 44.8 Å². The van der Waals surface area contributed by atoms with Gasteiger partial charge in [-0.1, -0.05) is 27.7 Å². The minimum atomic E-state index is 0.258. The average molecular weight is 298 g/mol. The molecule has 1 rings (SSSR count). The van der Waals surface area contributed by atoms with E-state index in [0.29, 0.717) is 0 Å². The Balaban J connectivity index is 2.90. The molecule has 1 aliphatic heterocycles. The fraction of sp³-hybridized carbons (Fsp3) is 1.00. The topological polar surface area (TPSA) is 9.72 Å². The molecule has 1 heterocycles. The SMILES string of the molecule is CC(C)C(C(C)C)C(C)(C)N1CCN(C)CCN(C)CC1. The number of rotatable bonds is 4. The van der Waals surface area contributed by atoms with E-state index < -0.39 is 0 Å². The molecule has 1 saturated heterocycles. The van der Waals surface area contributed by atoms with Gasteiger partial charge in [0.2, 0.25) is 0 Å². The molecule has 0 aromatic heterocycles. The lowest BCUT2D eigenvalue weighted by atomic mass is 9.71. The highest BCUT2D eigenvalue weighted by Crippen LogP contribution is 2.36. The zero-order chi connectivity index (χ0) is 16.2. The molecule has 3 nitrogen and oxygen atoms in total. The number of nitrogens with zero attached hydrogens (tertiary/aromatic N) is 3. The van der Waals surface area contributed by atoms with Crippen molar-refractivity contribution in [3.05, 3.63) is 0 Å². The van der Waals surface area contributed by atoms with Gasteiger partial charge < -0.3 is 9.80 Å². The third kappa shape index (κ3) is 5.22. The largest absolute Gasteiger partial charge is 0.304 e. The maximum absolute atomic E-state index is 2.75. The molecule has 0 spiro atoms. The molecular formula is C18H39N3. The Morgan fingerprint density at radius 2 is 1.00 bits per heavy atom. The summed E-state index contributed by atoms with van der Waals surface area (Å²) < 4.78 is 0. The van der Waals surface area contributed by atoms with Crippen molar-refractivity contribution in [2.24, 2.45) is 17.8 Å². The minimum Gasteiger partial charge on any atom is -0.304 e. The summed E-state index contributed by atoms with van der Waals surface area (Å²) in [5.74, 6) is 2.18. The maximum atomic E-state index is 2.75. The van der Waals surface area contributed by atoms with E-state index in [4.69, 9.17) is 0 Å². The van der Waals surface area contributed by atoms with E-state index in [-0.39, 0.29) is 5.54 Å². The molecule has 0 aromatic rings. The lowest BCUT2D eigenvalue weighted by molar-refractivity contribution is 0.0115. The molecule has 126 valence electrons. The second kappa shape index (κ2) is 7.94. The van der Waals surface area contributed by atoms with E-state index in [2.05, 4.69) is 70.3 Å². The summed E-state index contributed by atoms with van der Waals surface area (Å²) in [6.45, 7) is 21.6. The van der Waals surface area contributed by atoms with Crippen LogP contribution < -0.4 is 0 Å². The molecule has 1 fully saturated rings. The van der Waals surface area contributed by atoms with Crippen LogP contribution in [-0.4, -0.2) is 73.6 Å². The molecule has 1 aliphatic rings. The molecule has 0 saturated carbocycles. The van der Waals surface area contributed by atoms with Crippen LogP contribution in [-0.2, 0) is 0 Å². The average Bonchev–Trinajstić information content (AvgIpc) is 2.41. The van der Waals surface area contributed by atoms with Crippen molar-refractivity contribution < 1.29 is 0 Å². The monoisotopic (exact) mass is 297 g/mol. The second-order valence-corrected chi connectivity index (χ2v) is 8.26. The summed E-state index contributed by atoms with van der Waals surface area (Å²) in [5.41, 5.74) is 0.258. The quantitative estimate of drug-likeness (QED) is 0.790. The van der Waals surface area contributed by atoms with Crippen molar-refractivity contribution in [3.8, 4) is 0 Å². The Hall–Kier alpha value is -0.120. The van der Waals surface area contributed by atoms with Crippen molar-refractivity contribution in [2.45, 2.75) is 47.1 Å². The minimum absolute atomic E-state index is 0.258. The van der Waals surface area contributed by atoms with Gasteiger partial charge in [0.05, 0.1) is 0 Å². The fourth-order valence-corrected chi connectivity index (χ4v) is 4.45. The van der Waals surface area contributed by atoms with Gasteiger partial charge in [-0.25, -0.2) is 0 Å². The standard InChI is InChI=1S/C18H39N3/c1-15(2)17(16(3)4)18(5,6)21-13-11-19(7)9-10-20(8)12-14-21/h15-17H,9-14H2,1-8H3. The summed E-state index contributed by atoms with van der Waals surface area (Å²) in [6, 6.07) is 0. The zero-order valence-electron chi connectivity index (χ0n) is 15.8. The molecule has 0 amide bonds. The van der Waals surface area contributed by atoms with E-state index in [9.17, 15) is 0 Å².